The number of aryl methyl sites for hydroxylation is 2. The summed E-state index contributed by atoms with van der Waals surface area (Å²) in [4.78, 5) is 13.6. The van der Waals surface area contributed by atoms with E-state index in [2.05, 4.69) is 44.2 Å². The smallest absolute Gasteiger partial charge is 0.321 e. The summed E-state index contributed by atoms with van der Waals surface area (Å²) < 4.78 is 5.96. The van der Waals surface area contributed by atoms with E-state index in [1.54, 1.807) is 0 Å². The van der Waals surface area contributed by atoms with E-state index in [9.17, 15) is 10.1 Å². The number of carbonyl (C=O) groups excluding carboxylic acids is 1. The van der Waals surface area contributed by atoms with Gasteiger partial charge in [-0.1, -0.05) is 89.1 Å². The molecule has 0 atom stereocenters. The van der Waals surface area contributed by atoms with Crippen LogP contribution in [-0.4, -0.2) is 5.97 Å². The van der Waals surface area contributed by atoms with Gasteiger partial charge in [0.1, 0.15) is 11.8 Å². The Hall–Kier alpha value is -2.60. The SMILES string of the molecule is CCCCCc1ccc(C2(C(=O)Oc3ccc(CCCCC)cc3C#N)CCCCC2)cc1. The van der Waals surface area contributed by atoms with Crippen molar-refractivity contribution in [1.29, 1.82) is 5.26 Å². The molecule has 1 saturated carbocycles. The van der Waals surface area contributed by atoms with Crippen molar-refractivity contribution in [3.8, 4) is 11.8 Å². The molecule has 0 saturated heterocycles. The van der Waals surface area contributed by atoms with E-state index >= 15 is 0 Å². The zero-order valence-electron chi connectivity index (χ0n) is 20.5. The predicted octanol–water partition coefficient (Wildman–Crippen LogP) is 7.83. The molecular weight excluding hydrogens is 406 g/mol. The van der Waals surface area contributed by atoms with Crippen molar-refractivity contribution in [2.75, 3.05) is 0 Å². The predicted molar refractivity (Wildman–Crippen MR) is 134 cm³/mol. The lowest BCUT2D eigenvalue weighted by Crippen LogP contribution is -2.41. The molecule has 1 aliphatic rings. The number of carbonyl (C=O) groups is 1. The Morgan fingerprint density at radius 3 is 2.09 bits per heavy atom. The van der Waals surface area contributed by atoms with E-state index in [1.807, 2.05) is 18.2 Å². The van der Waals surface area contributed by atoms with Crippen molar-refractivity contribution in [3.05, 3.63) is 64.7 Å². The van der Waals surface area contributed by atoms with Gasteiger partial charge in [0.15, 0.2) is 0 Å². The highest BCUT2D eigenvalue weighted by Gasteiger charge is 2.43. The topological polar surface area (TPSA) is 50.1 Å². The molecule has 0 unspecified atom stereocenters. The number of unbranched alkanes of at least 4 members (excludes halogenated alkanes) is 4. The molecule has 2 aromatic rings. The maximum atomic E-state index is 13.6. The Kier molecular flexibility index (Phi) is 9.55. The van der Waals surface area contributed by atoms with Gasteiger partial charge in [0.2, 0.25) is 0 Å². The minimum absolute atomic E-state index is 0.212. The Bertz CT molecular complexity index is 933. The van der Waals surface area contributed by atoms with Crippen LogP contribution in [0.3, 0.4) is 0 Å². The van der Waals surface area contributed by atoms with Crippen LogP contribution in [0.4, 0.5) is 0 Å². The first kappa shape index (κ1) is 25.0. The standard InChI is InChI=1S/C30H39NO2/c1-3-5-8-12-24-14-17-27(18-15-24)30(20-10-7-11-21-30)29(32)33-28-19-16-25(13-9-6-4-2)22-26(28)23-31/h14-19,22H,3-13,20-21H2,1-2H3. The first-order chi connectivity index (χ1) is 16.1. The van der Waals surface area contributed by atoms with Crippen molar-refractivity contribution >= 4 is 5.97 Å². The normalized spacial score (nSPS) is 15.1. The second-order valence-electron chi connectivity index (χ2n) is 9.59. The number of hydrogen-bond donors (Lipinski definition) is 0. The number of nitriles is 1. The molecule has 3 nitrogen and oxygen atoms in total. The van der Waals surface area contributed by atoms with E-state index in [1.165, 1.54) is 37.7 Å². The van der Waals surface area contributed by atoms with E-state index in [4.69, 9.17) is 4.74 Å². The van der Waals surface area contributed by atoms with Gasteiger partial charge >= 0.3 is 5.97 Å². The molecule has 0 aromatic heterocycles. The number of hydrogen-bond acceptors (Lipinski definition) is 3. The highest BCUT2D eigenvalue weighted by molar-refractivity contribution is 5.85. The fourth-order valence-corrected chi connectivity index (χ4v) is 5.02. The van der Waals surface area contributed by atoms with Crippen LogP contribution in [0.15, 0.2) is 42.5 Å². The summed E-state index contributed by atoms with van der Waals surface area (Å²) in [7, 11) is 0. The van der Waals surface area contributed by atoms with Gasteiger partial charge in [-0.2, -0.15) is 5.26 Å². The lowest BCUT2D eigenvalue weighted by Gasteiger charge is -2.35. The number of ether oxygens (including phenoxy) is 1. The molecule has 3 rings (SSSR count). The summed E-state index contributed by atoms with van der Waals surface area (Å²) in [5.74, 6) is 0.180. The maximum Gasteiger partial charge on any atom is 0.321 e. The van der Waals surface area contributed by atoms with Gasteiger partial charge in [-0.05, 0) is 67.3 Å². The average Bonchev–Trinajstić information content (AvgIpc) is 2.86. The molecule has 0 aliphatic heterocycles. The van der Waals surface area contributed by atoms with E-state index < -0.39 is 5.41 Å². The Morgan fingerprint density at radius 1 is 0.879 bits per heavy atom. The fourth-order valence-electron chi connectivity index (χ4n) is 5.02. The van der Waals surface area contributed by atoms with Crippen LogP contribution in [-0.2, 0) is 23.1 Å². The van der Waals surface area contributed by atoms with Crippen LogP contribution in [0, 0.1) is 11.3 Å². The third kappa shape index (κ3) is 6.47. The van der Waals surface area contributed by atoms with Gasteiger partial charge in [-0.25, -0.2) is 0 Å². The van der Waals surface area contributed by atoms with Crippen molar-refractivity contribution < 1.29 is 9.53 Å². The summed E-state index contributed by atoms with van der Waals surface area (Å²) in [6.07, 6.45) is 14.0. The number of rotatable bonds is 11. The first-order valence-electron chi connectivity index (χ1n) is 13.0. The Labute approximate surface area is 200 Å². The lowest BCUT2D eigenvalue weighted by molar-refractivity contribution is -0.142. The minimum atomic E-state index is -0.618. The van der Waals surface area contributed by atoms with Crippen LogP contribution in [0.2, 0.25) is 0 Å². The van der Waals surface area contributed by atoms with Gasteiger partial charge in [-0.15, -0.1) is 0 Å². The zero-order chi connectivity index (χ0) is 23.5. The summed E-state index contributed by atoms with van der Waals surface area (Å²) >= 11 is 0. The largest absolute Gasteiger partial charge is 0.424 e. The highest BCUT2D eigenvalue weighted by atomic mass is 16.5. The second kappa shape index (κ2) is 12.6. The molecular formula is C30H39NO2. The van der Waals surface area contributed by atoms with Crippen LogP contribution < -0.4 is 4.74 Å². The summed E-state index contributed by atoms with van der Waals surface area (Å²) in [6, 6.07) is 16.6. The number of nitrogens with zero attached hydrogens (tertiary/aromatic N) is 1. The van der Waals surface area contributed by atoms with Crippen LogP contribution in [0.1, 0.15) is 107 Å². The third-order valence-electron chi connectivity index (χ3n) is 7.11. The molecule has 0 bridgehead atoms. The van der Waals surface area contributed by atoms with Gasteiger partial charge in [0.25, 0.3) is 0 Å². The van der Waals surface area contributed by atoms with Crippen LogP contribution in [0.5, 0.6) is 5.75 Å². The van der Waals surface area contributed by atoms with Crippen LogP contribution >= 0.6 is 0 Å². The highest BCUT2D eigenvalue weighted by Crippen LogP contribution is 2.41. The maximum absolute atomic E-state index is 13.6. The second-order valence-corrected chi connectivity index (χ2v) is 9.59. The molecule has 2 aromatic carbocycles. The molecule has 1 fully saturated rings. The quantitative estimate of drug-likeness (QED) is 0.201. The van der Waals surface area contributed by atoms with Gasteiger partial charge in [-0.3, -0.25) is 4.79 Å². The van der Waals surface area contributed by atoms with E-state index in [0.29, 0.717) is 11.3 Å². The van der Waals surface area contributed by atoms with Crippen LogP contribution in [0.25, 0.3) is 0 Å². The van der Waals surface area contributed by atoms with Gasteiger partial charge in [0.05, 0.1) is 11.0 Å². The molecule has 0 radical (unpaired) electrons. The Morgan fingerprint density at radius 2 is 1.48 bits per heavy atom. The molecule has 33 heavy (non-hydrogen) atoms. The average molecular weight is 446 g/mol. The monoisotopic (exact) mass is 445 g/mol. The number of benzene rings is 2. The summed E-state index contributed by atoms with van der Waals surface area (Å²) in [5, 5.41) is 9.70. The Balaban J connectivity index is 1.79. The first-order valence-corrected chi connectivity index (χ1v) is 13.0. The van der Waals surface area contributed by atoms with E-state index in [-0.39, 0.29) is 5.97 Å². The van der Waals surface area contributed by atoms with E-state index in [0.717, 1.165) is 62.5 Å². The third-order valence-corrected chi connectivity index (χ3v) is 7.11. The molecule has 3 heteroatoms. The molecule has 0 amide bonds. The van der Waals surface area contributed by atoms with Crippen molar-refractivity contribution in [1.82, 2.24) is 0 Å². The summed E-state index contributed by atoms with van der Waals surface area (Å²) in [5.41, 5.74) is 3.35. The zero-order valence-corrected chi connectivity index (χ0v) is 20.5. The molecule has 1 aliphatic carbocycles. The molecule has 0 N–H and O–H groups in total. The fraction of sp³-hybridized carbons (Fsp3) is 0.533. The lowest BCUT2D eigenvalue weighted by atomic mass is 9.69. The molecule has 176 valence electrons. The van der Waals surface area contributed by atoms with Crippen molar-refractivity contribution in [2.24, 2.45) is 0 Å². The molecule has 0 heterocycles. The number of esters is 1. The van der Waals surface area contributed by atoms with Gasteiger partial charge < -0.3 is 4.74 Å². The summed E-state index contributed by atoms with van der Waals surface area (Å²) in [6.45, 7) is 4.41. The minimum Gasteiger partial charge on any atom is -0.424 e. The molecule has 0 spiro atoms. The van der Waals surface area contributed by atoms with Gasteiger partial charge in [0, 0.05) is 0 Å². The van der Waals surface area contributed by atoms with Crippen molar-refractivity contribution in [2.45, 2.75) is 103 Å². The van der Waals surface area contributed by atoms with Crippen molar-refractivity contribution in [3.63, 3.8) is 0 Å².